The molecule has 4 nitrogen and oxygen atoms in total. The highest BCUT2D eigenvalue weighted by molar-refractivity contribution is 9.10. The van der Waals surface area contributed by atoms with E-state index in [-0.39, 0.29) is 12.5 Å². The van der Waals surface area contributed by atoms with Crippen molar-refractivity contribution in [3.63, 3.8) is 0 Å². The molecule has 2 rings (SSSR count). The predicted octanol–water partition coefficient (Wildman–Crippen LogP) is 4.64. The van der Waals surface area contributed by atoms with Gasteiger partial charge in [-0.15, -0.1) is 0 Å². The average molecular weight is 410 g/mol. The number of amides is 1. The van der Waals surface area contributed by atoms with Gasteiger partial charge in [0, 0.05) is 9.50 Å². The summed E-state index contributed by atoms with van der Waals surface area (Å²) in [6.07, 6.45) is 0. The number of carbonyl (C=O) groups excluding carboxylic acids is 1. The van der Waals surface area contributed by atoms with Gasteiger partial charge in [-0.2, -0.15) is 5.10 Å². The number of nitrogens with one attached hydrogen (secondary N) is 1. The van der Waals surface area contributed by atoms with Crippen molar-refractivity contribution >= 4 is 39.1 Å². The maximum atomic E-state index is 11.9. The van der Waals surface area contributed by atoms with Crippen molar-refractivity contribution in [3.8, 4) is 5.75 Å². The summed E-state index contributed by atoms with van der Waals surface area (Å²) in [5, 5.41) is 4.80. The Kier molecular flexibility index (Phi) is 6.40. The SMILES string of the molecule is C/C(=N\NC(=O)COc1cc(C)c(Cl)c(C)c1)c1ccc(Br)cc1. The number of hydrazone groups is 1. The summed E-state index contributed by atoms with van der Waals surface area (Å²) < 4.78 is 6.48. The third-order valence-electron chi connectivity index (χ3n) is 3.39. The quantitative estimate of drug-likeness (QED) is 0.578. The summed E-state index contributed by atoms with van der Waals surface area (Å²) in [6, 6.07) is 11.3. The number of carbonyl (C=O) groups is 1. The fourth-order valence-electron chi connectivity index (χ4n) is 2.07. The van der Waals surface area contributed by atoms with Crippen LogP contribution in [0.2, 0.25) is 5.02 Å². The molecule has 0 saturated carbocycles. The van der Waals surface area contributed by atoms with E-state index in [4.69, 9.17) is 16.3 Å². The topological polar surface area (TPSA) is 50.7 Å². The molecule has 0 saturated heterocycles. The van der Waals surface area contributed by atoms with E-state index >= 15 is 0 Å². The number of hydrogen-bond acceptors (Lipinski definition) is 3. The zero-order chi connectivity index (χ0) is 17.7. The van der Waals surface area contributed by atoms with Crippen LogP contribution in [-0.4, -0.2) is 18.2 Å². The van der Waals surface area contributed by atoms with Crippen molar-refractivity contribution in [3.05, 3.63) is 62.6 Å². The van der Waals surface area contributed by atoms with E-state index in [1.165, 1.54) is 0 Å². The molecular formula is C18H18BrClN2O2. The molecule has 0 unspecified atom stereocenters. The first-order chi connectivity index (χ1) is 11.4. The minimum Gasteiger partial charge on any atom is -0.484 e. The predicted molar refractivity (Wildman–Crippen MR) is 101 cm³/mol. The van der Waals surface area contributed by atoms with Gasteiger partial charge in [0.2, 0.25) is 0 Å². The van der Waals surface area contributed by atoms with Crippen LogP contribution < -0.4 is 10.2 Å². The Morgan fingerprint density at radius 2 is 1.79 bits per heavy atom. The third-order valence-corrected chi connectivity index (χ3v) is 4.52. The van der Waals surface area contributed by atoms with E-state index in [0.29, 0.717) is 16.5 Å². The summed E-state index contributed by atoms with van der Waals surface area (Å²) in [5.74, 6) is 0.287. The maximum absolute atomic E-state index is 11.9. The lowest BCUT2D eigenvalue weighted by atomic mass is 10.1. The molecule has 0 radical (unpaired) electrons. The Bertz CT molecular complexity index is 750. The normalized spacial score (nSPS) is 11.3. The first-order valence-electron chi connectivity index (χ1n) is 7.35. The van der Waals surface area contributed by atoms with Crippen LogP contribution in [0.1, 0.15) is 23.6 Å². The van der Waals surface area contributed by atoms with E-state index in [0.717, 1.165) is 21.2 Å². The van der Waals surface area contributed by atoms with Gasteiger partial charge >= 0.3 is 0 Å². The largest absolute Gasteiger partial charge is 0.484 e. The molecule has 2 aromatic rings. The van der Waals surface area contributed by atoms with E-state index in [1.807, 2.05) is 45.0 Å². The molecular weight excluding hydrogens is 392 g/mol. The van der Waals surface area contributed by atoms with Crippen molar-refractivity contribution in [2.45, 2.75) is 20.8 Å². The molecule has 0 heterocycles. The van der Waals surface area contributed by atoms with E-state index in [2.05, 4.69) is 26.5 Å². The van der Waals surface area contributed by atoms with Gasteiger partial charge in [0.05, 0.1) is 5.71 Å². The summed E-state index contributed by atoms with van der Waals surface area (Å²) in [7, 11) is 0. The lowest BCUT2D eigenvalue weighted by molar-refractivity contribution is -0.123. The molecule has 6 heteroatoms. The molecule has 2 aromatic carbocycles. The van der Waals surface area contributed by atoms with Crippen LogP contribution in [0.3, 0.4) is 0 Å². The van der Waals surface area contributed by atoms with Crippen LogP contribution in [0.4, 0.5) is 0 Å². The van der Waals surface area contributed by atoms with Gasteiger partial charge < -0.3 is 4.74 Å². The summed E-state index contributed by atoms with van der Waals surface area (Å²) in [5.41, 5.74) is 5.97. The lowest BCUT2D eigenvalue weighted by Gasteiger charge is -2.09. The molecule has 126 valence electrons. The van der Waals surface area contributed by atoms with E-state index < -0.39 is 0 Å². The highest BCUT2D eigenvalue weighted by Crippen LogP contribution is 2.25. The van der Waals surface area contributed by atoms with Crippen molar-refractivity contribution < 1.29 is 9.53 Å². The molecule has 1 N–H and O–H groups in total. The van der Waals surface area contributed by atoms with Crippen LogP contribution in [0, 0.1) is 13.8 Å². The minimum atomic E-state index is -0.322. The molecule has 0 aliphatic carbocycles. The van der Waals surface area contributed by atoms with Crippen LogP contribution in [0.5, 0.6) is 5.75 Å². The first-order valence-corrected chi connectivity index (χ1v) is 8.52. The smallest absolute Gasteiger partial charge is 0.277 e. The number of halogens is 2. The number of rotatable bonds is 5. The average Bonchev–Trinajstić information content (AvgIpc) is 2.56. The van der Waals surface area contributed by atoms with Crippen LogP contribution in [-0.2, 0) is 4.79 Å². The van der Waals surface area contributed by atoms with Gasteiger partial charge in [0.15, 0.2) is 6.61 Å². The Labute approximate surface area is 155 Å². The summed E-state index contributed by atoms with van der Waals surface area (Å²) in [4.78, 5) is 11.9. The molecule has 24 heavy (non-hydrogen) atoms. The highest BCUT2D eigenvalue weighted by Gasteiger charge is 2.06. The summed E-state index contributed by atoms with van der Waals surface area (Å²) >= 11 is 9.49. The molecule has 0 spiro atoms. The Morgan fingerprint density at radius 3 is 2.38 bits per heavy atom. The number of benzene rings is 2. The number of hydrogen-bond donors (Lipinski definition) is 1. The van der Waals surface area contributed by atoms with Gasteiger partial charge in [-0.1, -0.05) is 39.7 Å². The Balaban J connectivity index is 1.91. The van der Waals surface area contributed by atoms with E-state index in [1.54, 1.807) is 12.1 Å². The second-order valence-corrected chi connectivity index (χ2v) is 6.69. The van der Waals surface area contributed by atoms with Crippen LogP contribution in [0.15, 0.2) is 46.0 Å². The molecule has 0 aliphatic rings. The first kappa shape index (κ1) is 18.5. The van der Waals surface area contributed by atoms with E-state index in [9.17, 15) is 4.79 Å². The Hall–Kier alpha value is -1.85. The number of aryl methyl sites for hydroxylation is 2. The van der Waals surface area contributed by atoms with Crippen molar-refractivity contribution in [2.24, 2.45) is 5.10 Å². The second kappa shape index (κ2) is 8.31. The van der Waals surface area contributed by atoms with Crippen LogP contribution >= 0.6 is 27.5 Å². The molecule has 0 fully saturated rings. The van der Waals surface area contributed by atoms with Gasteiger partial charge in [-0.25, -0.2) is 5.43 Å². The molecule has 1 amide bonds. The molecule has 0 aliphatic heterocycles. The van der Waals surface area contributed by atoms with Crippen molar-refractivity contribution in [1.82, 2.24) is 5.43 Å². The number of ether oxygens (including phenoxy) is 1. The van der Waals surface area contributed by atoms with Gasteiger partial charge in [0.1, 0.15) is 5.75 Å². The Morgan fingerprint density at radius 1 is 1.21 bits per heavy atom. The minimum absolute atomic E-state index is 0.113. The van der Waals surface area contributed by atoms with Crippen molar-refractivity contribution in [2.75, 3.05) is 6.61 Å². The lowest BCUT2D eigenvalue weighted by Crippen LogP contribution is -2.25. The molecule has 0 atom stereocenters. The maximum Gasteiger partial charge on any atom is 0.277 e. The van der Waals surface area contributed by atoms with Gasteiger partial charge in [-0.05, 0) is 61.7 Å². The van der Waals surface area contributed by atoms with Crippen molar-refractivity contribution in [1.29, 1.82) is 0 Å². The number of nitrogens with zero attached hydrogens (tertiary/aromatic N) is 1. The zero-order valence-corrected chi connectivity index (χ0v) is 16.0. The fraction of sp³-hybridized carbons (Fsp3) is 0.222. The van der Waals surface area contributed by atoms with Gasteiger partial charge in [-0.3, -0.25) is 4.79 Å². The van der Waals surface area contributed by atoms with Gasteiger partial charge in [0.25, 0.3) is 5.91 Å². The summed E-state index contributed by atoms with van der Waals surface area (Å²) in [6.45, 7) is 5.51. The fourth-order valence-corrected chi connectivity index (χ4v) is 2.45. The zero-order valence-electron chi connectivity index (χ0n) is 13.7. The van der Waals surface area contributed by atoms with Crippen LogP contribution in [0.25, 0.3) is 0 Å². The standard InChI is InChI=1S/C18H18BrClN2O2/c1-11-8-16(9-12(2)18(11)20)24-10-17(23)22-21-13(3)14-4-6-15(19)7-5-14/h4-9H,10H2,1-3H3,(H,22,23)/b21-13+. The molecule has 0 bridgehead atoms. The highest BCUT2D eigenvalue weighted by atomic mass is 79.9. The molecule has 0 aromatic heterocycles. The monoisotopic (exact) mass is 408 g/mol. The third kappa shape index (κ3) is 5.08. The second-order valence-electron chi connectivity index (χ2n) is 5.40.